The van der Waals surface area contributed by atoms with E-state index in [1.807, 2.05) is 13.8 Å². The summed E-state index contributed by atoms with van der Waals surface area (Å²) in [5.41, 5.74) is 4.88. The van der Waals surface area contributed by atoms with Gasteiger partial charge in [-0.3, -0.25) is 10.1 Å². The first-order valence-electron chi connectivity index (χ1n) is 3.97. The van der Waals surface area contributed by atoms with Crippen molar-refractivity contribution in [3.8, 4) is 0 Å². The first kappa shape index (κ1) is 9.44. The van der Waals surface area contributed by atoms with Crippen molar-refractivity contribution in [1.29, 1.82) is 0 Å². The zero-order chi connectivity index (χ0) is 9.19. The van der Waals surface area contributed by atoms with Crippen molar-refractivity contribution < 1.29 is 9.53 Å². The Hall–Kier alpha value is -0.650. The summed E-state index contributed by atoms with van der Waals surface area (Å²) >= 11 is 0. The van der Waals surface area contributed by atoms with Crippen LogP contribution in [0.25, 0.3) is 0 Å². The monoisotopic (exact) mass is 173 g/mol. The molecule has 0 radical (unpaired) electrons. The van der Waals surface area contributed by atoms with E-state index in [2.05, 4.69) is 10.6 Å². The lowest BCUT2D eigenvalue weighted by Gasteiger charge is -2.17. The van der Waals surface area contributed by atoms with Crippen molar-refractivity contribution >= 4 is 5.91 Å². The molecular formula is C7H15N3O2. The van der Waals surface area contributed by atoms with E-state index < -0.39 is 0 Å². The van der Waals surface area contributed by atoms with Crippen LogP contribution in [0.4, 0.5) is 0 Å². The molecule has 1 fully saturated rings. The van der Waals surface area contributed by atoms with Gasteiger partial charge in [0.2, 0.25) is 5.91 Å². The van der Waals surface area contributed by atoms with E-state index in [1.165, 1.54) is 0 Å². The summed E-state index contributed by atoms with van der Waals surface area (Å²) in [4.78, 5) is 10.8. The fraction of sp³-hybridized carbons (Fsp3) is 0.857. The molecule has 0 saturated carbocycles. The molecule has 12 heavy (non-hydrogen) atoms. The van der Waals surface area contributed by atoms with E-state index in [0.29, 0.717) is 6.61 Å². The molecule has 1 aliphatic heterocycles. The minimum atomic E-state index is -0.249. The van der Waals surface area contributed by atoms with Crippen LogP contribution < -0.4 is 16.4 Å². The molecule has 0 aromatic carbocycles. The molecule has 0 bridgehead atoms. The zero-order valence-corrected chi connectivity index (χ0v) is 7.39. The number of hydrogen-bond donors (Lipinski definition) is 3. The maximum atomic E-state index is 10.8. The third kappa shape index (κ3) is 2.77. The number of nitrogens with two attached hydrogens (primary N) is 1. The zero-order valence-electron chi connectivity index (χ0n) is 7.39. The fourth-order valence-corrected chi connectivity index (χ4v) is 0.986. The number of rotatable bonds is 4. The van der Waals surface area contributed by atoms with Gasteiger partial charge in [0.05, 0.1) is 19.3 Å². The van der Waals surface area contributed by atoms with Crippen LogP contribution in [0.5, 0.6) is 0 Å². The van der Waals surface area contributed by atoms with Gasteiger partial charge in [-0.25, -0.2) is 0 Å². The lowest BCUT2D eigenvalue weighted by molar-refractivity contribution is -0.120. The molecule has 0 aromatic heterocycles. The van der Waals surface area contributed by atoms with Crippen LogP contribution in [0.15, 0.2) is 0 Å². The van der Waals surface area contributed by atoms with Gasteiger partial charge in [0.25, 0.3) is 0 Å². The van der Waals surface area contributed by atoms with Gasteiger partial charge in [0.1, 0.15) is 5.72 Å². The van der Waals surface area contributed by atoms with E-state index in [1.54, 1.807) is 0 Å². The molecule has 1 amide bonds. The number of amides is 1. The highest BCUT2D eigenvalue weighted by Crippen LogP contribution is 2.21. The van der Waals surface area contributed by atoms with E-state index in [0.717, 1.165) is 0 Å². The Morgan fingerprint density at radius 3 is 2.83 bits per heavy atom. The van der Waals surface area contributed by atoms with E-state index in [-0.39, 0.29) is 24.3 Å². The van der Waals surface area contributed by atoms with Gasteiger partial charge in [0, 0.05) is 0 Å². The van der Waals surface area contributed by atoms with Crippen LogP contribution in [-0.4, -0.2) is 30.9 Å². The molecule has 1 heterocycles. The summed E-state index contributed by atoms with van der Waals surface area (Å²) in [5.74, 6) is -0.167. The van der Waals surface area contributed by atoms with Crippen LogP contribution in [0.2, 0.25) is 0 Å². The second-order valence-corrected chi connectivity index (χ2v) is 3.16. The molecule has 2 unspecified atom stereocenters. The molecule has 0 aromatic rings. The van der Waals surface area contributed by atoms with Gasteiger partial charge in [-0.15, -0.1) is 0 Å². The molecule has 2 atom stereocenters. The number of ether oxygens (including phenoxy) is 1. The largest absolute Gasteiger partial charge is 0.354 e. The highest BCUT2D eigenvalue weighted by atomic mass is 16.6. The summed E-state index contributed by atoms with van der Waals surface area (Å²) in [6.45, 7) is 4.48. The Kier molecular flexibility index (Phi) is 2.66. The molecule has 1 saturated heterocycles. The average molecular weight is 173 g/mol. The van der Waals surface area contributed by atoms with E-state index in [9.17, 15) is 4.79 Å². The lowest BCUT2D eigenvalue weighted by Crippen LogP contribution is -2.49. The molecule has 1 aliphatic rings. The fourth-order valence-electron chi connectivity index (χ4n) is 0.986. The number of carbonyl (C=O) groups is 1. The van der Waals surface area contributed by atoms with Crippen molar-refractivity contribution in [3.63, 3.8) is 0 Å². The van der Waals surface area contributed by atoms with Gasteiger partial charge >= 0.3 is 0 Å². The Morgan fingerprint density at radius 1 is 1.83 bits per heavy atom. The first-order valence-corrected chi connectivity index (χ1v) is 3.97. The van der Waals surface area contributed by atoms with Crippen LogP contribution in [0, 0.1) is 0 Å². The molecule has 1 rings (SSSR count). The van der Waals surface area contributed by atoms with Gasteiger partial charge in [0.15, 0.2) is 0 Å². The van der Waals surface area contributed by atoms with E-state index in [4.69, 9.17) is 10.5 Å². The van der Waals surface area contributed by atoms with Gasteiger partial charge in [-0.2, -0.15) is 0 Å². The van der Waals surface area contributed by atoms with Crippen LogP contribution in [-0.2, 0) is 9.53 Å². The second-order valence-electron chi connectivity index (χ2n) is 3.16. The normalized spacial score (nSPS) is 29.6. The highest BCUT2D eigenvalue weighted by molar-refractivity contribution is 5.77. The summed E-state index contributed by atoms with van der Waals surface area (Å²) in [7, 11) is 0. The number of carbonyl (C=O) groups excluding carboxylic acids is 1. The van der Waals surface area contributed by atoms with Crippen LogP contribution in [0.3, 0.4) is 0 Å². The highest BCUT2D eigenvalue weighted by Gasteiger charge is 2.40. The van der Waals surface area contributed by atoms with Crippen molar-refractivity contribution in [2.45, 2.75) is 25.7 Å². The molecule has 4 N–H and O–H groups in total. The van der Waals surface area contributed by atoms with Crippen LogP contribution >= 0.6 is 0 Å². The topological polar surface area (TPSA) is 79.7 Å². The van der Waals surface area contributed by atoms with Gasteiger partial charge in [-0.1, -0.05) is 0 Å². The minimum absolute atomic E-state index is 0.0175. The Balaban J connectivity index is 2.19. The second kappa shape index (κ2) is 3.38. The third-order valence-corrected chi connectivity index (χ3v) is 1.66. The Morgan fingerprint density at radius 2 is 2.42 bits per heavy atom. The summed E-state index contributed by atoms with van der Waals surface area (Å²) < 4.78 is 5.09. The van der Waals surface area contributed by atoms with Crippen molar-refractivity contribution in [1.82, 2.24) is 10.6 Å². The van der Waals surface area contributed by atoms with Crippen molar-refractivity contribution in [3.05, 3.63) is 0 Å². The lowest BCUT2D eigenvalue weighted by atomic mass is 10.3. The molecule has 0 spiro atoms. The average Bonchev–Trinajstić information content (AvgIpc) is 2.67. The van der Waals surface area contributed by atoms with Gasteiger partial charge < -0.3 is 15.8 Å². The summed E-state index contributed by atoms with van der Waals surface area (Å²) in [6.07, 6.45) is -0.103. The summed E-state index contributed by atoms with van der Waals surface area (Å²) in [5, 5.41) is 5.76. The molecule has 5 heteroatoms. The number of nitrogens with one attached hydrogen (secondary N) is 2. The first-order chi connectivity index (χ1) is 5.56. The predicted octanol–water partition coefficient (Wildman–Crippen LogP) is -1.26. The Labute approximate surface area is 71.6 Å². The van der Waals surface area contributed by atoms with E-state index >= 15 is 0 Å². The maximum absolute atomic E-state index is 10.8. The predicted molar refractivity (Wildman–Crippen MR) is 44.2 cm³/mol. The third-order valence-electron chi connectivity index (χ3n) is 1.66. The number of epoxide rings is 1. The molecule has 70 valence electrons. The standard InChI is InChI=1S/C7H15N3O2/c1-5(9-6(11)3-8)10-7(2)4-12-7/h5,10H,3-4,8H2,1-2H3,(H,9,11). The quantitative estimate of drug-likeness (QED) is 0.366. The Bertz CT molecular complexity index is 179. The minimum Gasteiger partial charge on any atom is -0.354 e. The molecular weight excluding hydrogens is 158 g/mol. The van der Waals surface area contributed by atoms with Crippen LogP contribution in [0.1, 0.15) is 13.8 Å². The molecule has 0 aliphatic carbocycles. The number of hydrogen-bond acceptors (Lipinski definition) is 4. The SMILES string of the molecule is CC(NC(=O)CN)NC1(C)CO1. The van der Waals surface area contributed by atoms with Crippen molar-refractivity contribution in [2.24, 2.45) is 5.73 Å². The smallest absolute Gasteiger partial charge is 0.234 e. The van der Waals surface area contributed by atoms with Gasteiger partial charge in [-0.05, 0) is 13.8 Å². The molecule has 5 nitrogen and oxygen atoms in total. The maximum Gasteiger partial charge on any atom is 0.234 e. The summed E-state index contributed by atoms with van der Waals surface area (Å²) in [6, 6.07) is 0. The van der Waals surface area contributed by atoms with Crippen molar-refractivity contribution in [2.75, 3.05) is 13.2 Å².